The number of anilines is 1. The van der Waals surface area contributed by atoms with Gasteiger partial charge in [-0.15, -0.1) is 0 Å². The first kappa shape index (κ1) is 19.7. The molecule has 154 valence electrons. The Kier molecular flexibility index (Phi) is 6.53. The maximum Gasteiger partial charge on any atom is 0.198 e. The second kappa shape index (κ2) is 9.27. The van der Waals surface area contributed by atoms with Gasteiger partial charge in [0.15, 0.2) is 5.96 Å². The average Bonchev–Trinajstić information content (AvgIpc) is 3.46. The van der Waals surface area contributed by atoms with E-state index in [9.17, 15) is 0 Å². The number of para-hydroxylation sites is 1. The second-order valence-corrected chi connectivity index (χ2v) is 8.48. The lowest BCUT2D eigenvalue weighted by Crippen LogP contribution is -2.43. The van der Waals surface area contributed by atoms with Gasteiger partial charge in [0, 0.05) is 49.9 Å². The van der Waals surface area contributed by atoms with E-state index in [1.165, 1.54) is 36.9 Å². The van der Waals surface area contributed by atoms with Gasteiger partial charge in [-0.2, -0.15) is 0 Å². The molecule has 28 heavy (non-hydrogen) atoms. The number of rotatable bonds is 7. The fourth-order valence-corrected chi connectivity index (χ4v) is 5.01. The standard InChI is InChI=1S/C23H35N3O2/c1-2-24-22(25-13-7-14-27-16-19-10-15-28-17-19)26-18-23(11-5-6-12-23)20-8-3-4-9-21(20)26/h3-4,8-9,19H,2,5-7,10-18H2,1H3,(H,24,25). The summed E-state index contributed by atoms with van der Waals surface area (Å²) in [7, 11) is 0. The summed E-state index contributed by atoms with van der Waals surface area (Å²) in [5.41, 5.74) is 3.21. The molecule has 0 amide bonds. The minimum atomic E-state index is 0.333. The SMILES string of the molecule is CCNC(=NCCCOCC1CCOC1)N1CC2(CCCC2)c2ccccc21. The van der Waals surface area contributed by atoms with Crippen molar-refractivity contribution in [2.24, 2.45) is 10.9 Å². The van der Waals surface area contributed by atoms with Crippen molar-refractivity contribution in [2.75, 3.05) is 51.0 Å². The van der Waals surface area contributed by atoms with Crippen LogP contribution in [0.5, 0.6) is 0 Å². The molecule has 0 radical (unpaired) electrons. The third kappa shape index (κ3) is 4.20. The van der Waals surface area contributed by atoms with Crippen molar-refractivity contribution >= 4 is 11.6 Å². The number of hydrogen-bond acceptors (Lipinski definition) is 3. The largest absolute Gasteiger partial charge is 0.381 e. The third-order valence-corrected chi connectivity index (χ3v) is 6.46. The van der Waals surface area contributed by atoms with Crippen LogP contribution in [0.2, 0.25) is 0 Å². The van der Waals surface area contributed by atoms with E-state index < -0.39 is 0 Å². The zero-order chi connectivity index (χ0) is 19.2. The van der Waals surface area contributed by atoms with E-state index in [0.717, 1.165) is 64.9 Å². The van der Waals surface area contributed by atoms with E-state index >= 15 is 0 Å². The summed E-state index contributed by atoms with van der Waals surface area (Å²) < 4.78 is 11.2. The summed E-state index contributed by atoms with van der Waals surface area (Å²) in [6.07, 6.45) is 7.40. The van der Waals surface area contributed by atoms with E-state index in [-0.39, 0.29) is 0 Å². The summed E-state index contributed by atoms with van der Waals surface area (Å²) in [5, 5.41) is 3.53. The third-order valence-electron chi connectivity index (χ3n) is 6.46. The second-order valence-electron chi connectivity index (χ2n) is 8.48. The Morgan fingerprint density at radius 1 is 1.32 bits per heavy atom. The van der Waals surface area contributed by atoms with E-state index in [1.807, 2.05) is 0 Å². The molecule has 1 saturated carbocycles. The quantitative estimate of drug-likeness (QED) is 0.441. The topological polar surface area (TPSA) is 46.1 Å². The fourth-order valence-electron chi connectivity index (χ4n) is 5.01. The van der Waals surface area contributed by atoms with Gasteiger partial charge in [-0.25, -0.2) is 0 Å². The Labute approximate surface area is 169 Å². The highest BCUT2D eigenvalue weighted by Crippen LogP contribution is 2.50. The van der Waals surface area contributed by atoms with Gasteiger partial charge in [0.1, 0.15) is 0 Å². The molecule has 1 aromatic carbocycles. The van der Waals surface area contributed by atoms with E-state index in [0.29, 0.717) is 11.3 Å². The Bertz CT molecular complexity index is 664. The number of nitrogens with one attached hydrogen (secondary N) is 1. The molecule has 1 aliphatic carbocycles. The number of guanidine groups is 1. The number of hydrogen-bond donors (Lipinski definition) is 1. The molecule has 2 fully saturated rings. The average molecular weight is 386 g/mol. The molecule has 5 heteroatoms. The molecule has 1 saturated heterocycles. The summed E-state index contributed by atoms with van der Waals surface area (Å²) in [4.78, 5) is 7.38. The Hall–Kier alpha value is -1.59. The first-order valence-electron chi connectivity index (χ1n) is 11.1. The smallest absolute Gasteiger partial charge is 0.198 e. The highest BCUT2D eigenvalue weighted by atomic mass is 16.5. The van der Waals surface area contributed by atoms with Crippen LogP contribution in [0.15, 0.2) is 29.3 Å². The van der Waals surface area contributed by atoms with Crippen LogP contribution in [0.1, 0.15) is 51.0 Å². The minimum absolute atomic E-state index is 0.333. The van der Waals surface area contributed by atoms with Gasteiger partial charge in [-0.1, -0.05) is 31.0 Å². The Morgan fingerprint density at radius 3 is 2.96 bits per heavy atom. The molecule has 1 N–H and O–H groups in total. The lowest BCUT2D eigenvalue weighted by molar-refractivity contribution is 0.0893. The van der Waals surface area contributed by atoms with Crippen LogP contribution in [-0.2, 0) is 14.9 Å². The predicted octanol–water partition coefficient (Wildman–Crippen LogP) is 3.73. The molecule has 5 nitrogen and oxygen atoms in total. The van der Waals surface area contributed by atoms with Crippen molar-refractivity contribution in [3.8, 4) is 0 Å². The molecule has 0 bridgehead atoms. The van der Waals surface area contributed by atoms with Crippen molar-refractivity contribution in [3.05, 3.63) is 29.8 Å². The number of ether oxygens (including phenoxy) is 2. The van der Waals surface area contributed by atoms with E-state index in [2.05, 4.69) is 41.4 Å². The minimum Gasteiger partial charge on any atom is -0.381 e. The monoisotopic (exact) mass is 385 g/mol. The number of nitrogens with zero attached hydrogens (tertiary/aromatic N) is 2. The summed E-state index contributed by atoms with van der Waals surface area (Å²) in [5.74, 6) is 1.62. The van der Waals surface area contributed by atoms with Crippen LogP contribution in [-0.4, -0.2) is 52.0 Å². The van der Waals surface area contributed by atoms with Gasteiger partial charge in [-0.05, 0) is 44.2 Å². The van der Waals surface area contributed by atoms with Crippen molar-refractivity contribution in [1.82, 2.24) is 5.32 Å². The van der Waals surface area contributed by atoms with Crippen molar-refractivity contribution in [1.29, 1.82) is 0 Å². The number of fused-ring (bicyclic) bond motifs is 2. The zero-order valence-electron chi connectivity index (χ0n) is 17.3. The van der Waals surface area contributed by atoms with Crippen molar-refractivity contribution in [3.63, 3.8) is 0 Å². The van der Waals surface area contributed by atoms with Crippen molar-refractivity contribution < 1.29 is 9.47 Å². The predicted molar refractivity (Wildman–Crippen MR) is 114 cm³/mol. The van der Waals surface area contributed by atoms with Crippen LogP contribution < -0.4 is 10.2 Å². The fraction of sp³-hybridized carbons (Fsp3) is 0.696. The van der Waals surface area contributed by atoms with E-state index in [1.54, 1.807) is 0 Å². The highest BCUT2D eigenvalue weighted by molar-refractivity contribution is 5.98. The molecule has 1 unspecified atom stereocenters. The molecule has 4 rings (SSSR count). The van der Waals surface area contributed by atoms with Gasteiger partial charge < -0.3 is 19.7 Å². The molecular weight excluding hydrogens is 350 g/mol. The maximum atomic E-state index is 5.83. The first-order valence-corrected chi connectivity index (χ1v) is 11.1. The van der Waals surface area contributed by atoms with Gasteiger partial charge in [0.25, 0.3) is 0 Å². The molecule has 2 heterocycles. The maximum absolute atomic E-state index is 5.83. The van der Waals surface area contributed by atoms with E-state index in [4.69, 9.17) is 14.5 Å². The lowest BCUT2D eigenvalue weighted by Gasteiger charge is -2.26. The van der Waals surface area contributed by atoms with Crippen LogP contribution >= 0.6 is 0 Å². The summed E-state index contributed by atoms with van der Waals surface area (Å²) in [6.45, 7) is 8.26. The molecule has 1 aromatic rings. The van der Waals surface area contributed by atoms with Crippen LogP contribution in [0.25, 0.3) is 0 Å². The molecule has 2 aliphatic heterocycles. The molecule has 1 spiro atoms. The number of aliphatic imine (C=N–C) groups is 1. The first-order chi connectivity index (χ1) is 13.8. The Morgan fingerprint density at radius 2 is 2.18 bits per heavy atom. The normalized spacial score (nSPS) is 23.5. The van der Waals surface area contributed by atoms with Gasteiger partial charge in [-0.3, -0.25) is 4.99 Å². The highest BCUT2D eigenvalue weighted by Gasteiger charge is 2.45. The molecule has 1 atom stereocenters. The van der Waals surface area contributed by atoms with Gasteiger partial charge in [0.2, 0.25) is 0 Å². The van der Waals surface area contributed by atoms with Crippen LogP contribution in [0.3, 0.4) is 0 Å². The molecule has 3 aliphatic rings. The molecular formula is C23H35N3O2. The number of benzene rings is 1. The van der Waals surface area contributed by atoms with Gasteiger partial charge >= 0.3 is 0 Å². The Balaban J connectivity index is 1.36. The summed E-state index contributed by atoms with van der Waals surface area (Å²) >= 11 is 0. The lowest BCUT2D eigenvalue weighted by atomic mass is 9.81. The zero-order valence-corrected chi connectivity index (χ0v) is 17.3. The molecule has 0 aromatic heterocycles. The van der Waals surface area contributed by atoms with Crippen LogP contribution in [0.4, 0.5) is 5.69 Å². The summed E-state index contributed by atoms with van der Waals surface area (Å²) in [6, 6.07) is 8.95. The van der Waals surface area contributed by atoms with Crippen molar-refractivity contribution in [2.45, 2.75) is 50.9 Å². The van der Waals surface area contributed by atoms with Crippen LogP contribution in [0, 0.1) is 5.92 Å². The van der Waals surface area contributed by atoms with Gasteiger partial charge in [0.05, 0.1) is 13.2 Å².